The summed E-state index contributed by atoms with van der Waals surface area (Å²) in [4.78, 5) is 15.0. The number of hydrogen-bond acceptors (Lipinski definition) is 3. The Hall–Kier alpha value is -1.32. The van der Waals surface area contributed by atoms with Crippen LogP contribution in [0.5, 0.6) is 0 Å². The molecule has 4 heteroatoms. The maximum absolute atomic E-state index is 11.0. The molecule has 0 amide bonds. The standard InChI is InChI=1S/C11H16N2O2/c1-9(14)15-11-5-3-2-4-10(11)13-7-6-12-8-13/h6-8,10-11H,2-5H2,1H3/t10-,11+/m0/s1. The van der Waals surface area contributed by atoms with Crippen molar-refractivity contribution in [1.29, 1.82) is 0 Å². The lowest BCUT2D eigenvalue weighted by atomic mass is 9.92. The van der Waals surface area contributed by atoms with Crippen LogP contribution in [0, 0.1) is 0 Å². The molecular weight excluding hydrogens is 192 g/mol. The van der Waals surface area contributed by atoms with Gasteiger partial charge in [-0.3, -0.25) is 4.79 Å². The fourth-order valence-corrected chi connectivity index (χ4v) is 2.23. The van der Waals surface area contributed by atoms with Gasteiger partial charge in [0.1, 0.15) is 6.10 Å². The number of aromatic nitrogens is 2. The number of ether oxygens (including phenoxy) is 1. The predicted octanol–water partition coefficient (Wildman–Crippen LogP) is 1.93. The fourth-order valence-electron chi connectivity index (χ4n) is 2.23. The van der Waals surface area contributed by atoms with E-state index in [1.807, 2.05) is 10.8 Å². The van der Waals surface area contributed by atoms with E-state index in [0.29, 0.717) is 0 Å². The van der Waals surface area contributed by atoms with Crippen molar-refractivity contribution in [3.63, 3.8) is 0 Å². The zero-order valence-corrected chi connectivity index (χ0v) is 8.93. The van der Waals surface area contributed by atoms with Gasteiger partial charge in [0.15, 0.2) is 0 Å². The summed E-state index contributed by atoms with van der Waals surface area (Å²) in [5, 5.41) is 0. The van der Waals surface area contributed by atoms with Crippen LogP contribution in [0.1, 0.15) is 38.6 Å². The SMILES string of the molecule is CC(=O)O[C@@H]1CCCC[C@@H]1n1ccnc1. The van der Waals surface area contributed by atoms with Crippen LogP contribution in [0.3, 0.4) is 0 Å². The van der Waals surface area contributed by atoms with Crippen molar-refractivity contribution in [3.05, 3.63) is 18.7 Å². The van der Waals surface area contributed by atoms with Crippen LogP contribution in [-0.2, 0) is 9.53 Å². The average molecular weight is 208 g/mol. The fraction of sp³-hybridized carbons (Fsp3) is 0.636. The molecule has 4 nitrogen and oxygen atoms in total. The lowest BCUT2D eigenvalue weighted by Gasteiger charge is -2.31. The highest BCUT2D eigenvalue weighted by Crippen LogP contribution is 2.30. The Kier molecular flexibility index (Phi) is 3.04. The monoisotopic (exact) mass is 208 g/mol. The van der Waals surface area contributed by atoms with E-state index in [1.165, 1.54) is 13.3 Å². The van der Waals surface area contributed by atoms with Gasteiger partial charge in [-0.25, -0.2) is 4.98 Å². The molecule has 2 atom stereocenters. The van der Waals surface area contributed by atoms with E-state index in [1.54, 1.807) is 12.5 Å². The van der Waals surface area contributed by atoms with E-state index in [-0.39, 0.29) is 18.1 Å². The maximum Gasteiger partial charge on any atom is 0.302 e. The predicted molar refractivity (Wildman–Crippen MR) is 55.3 cm³/mol. The molecule has 1 saturated carbocycles. The van der Waals surface area contributed by atoms with Crippen LogP contribution in [0.25, 0.3) is 0 Å². The van der Waals surface area contributed by atoms with Gasteiger partial charge in [-0.15, -0.1) is 0 Å². The molecule has 1 aliphatic carbocycles. The van der Waals surface area contributed by atoms with Crippen molar-refractivity contribution in [1.82, 2.24) is 9.55 Å². The van der Waals surface area contributed by atoms with Crippen LogP contribution in [-0.4, -0.2) is 21.6 Å². The lowest BCUT2D eigenvalue weighted by Crippen LogP contribution is -2.31. The quantitative estimate of drug-likeness (QED) is 0.697. The highest BCUT2D eigenvalue weighted by molar-refractivity contribution is 5.66. The first kappa shape index (κ1) is 10.2. The molecule has 15 heavy (non-hydrogen) atoms. The van der Waals surface area contributed by atoms with Gasteiger partial charge >= 0.3 is 5.97 Å². The second-order valence-electron chi connectivity index (χ2n) is 4.01. The smallest absolute Gasteiger partial charge is 0.302 e. The Balaban J connectivity index is 2.09. The Morgan fingerprint density at radius 2 is 2.27 bits per heavy atom. The molecule has 1 aromatic heterocycles. The molecule has 0 unspecified atom stereocenters. The Labute approximate surface area is 89.3 Å². The van der Waals surface area contributed by atoms with Crippen LogP contribution in [0.4, 0.5) is 0 Å². The highest BCUT2D eigenvalue weighted by Gasteiger charge is 2.28. The molecule has 0 spiro atoms. The molecule has 82 valence electrons. The van der Waals surface area contributed by atoms with Gasteiger partial charge in [-0.05, 0) is 19.3 Å². The summed E-state index contributed by atoms with van der Waals surface area (Å²) >= 11 is 0. The molecule has 0 saturated heterocycles. The van der Waals surface area contributed by atoms with Gasteiger partial charge in [-0.1, -0.05) is 6.42 Å². The third kappa shape index (κ3) is 2.37. The molecule has 0 aliphatic heterocycles. The second-order valence-corrected chi connectivity index (χ2v) is 4.01. The van der Waals surface area contributed by atoms with E-state index in [4.69, 9.17) is 4.74 Å². The maximum atomic E-state index is 11.0. The minimum Gasteiger partial charge on any atom is -0.460 e. The van der Waals surface area contributed by atoms with E-state index < -0.39 is 0 Å². The molecule has 0 aromatic carbocycles. The summed E-state index contributed by atoms with van der Waals surface area (Å²) in [6.07, 6.45) is 9.88. The first-order chi connectivity index (χ1) is 7.27. The second kappa shape index (κ2) is 4.47. The third-order valence-corrected chi connectivity index (χ3v) is 2.89. The van der Waals surface area contributed by atoms with Crippen LogP contribution >= 0.6 is 0 Å². The number of carbonyl (C=O) groups excluding carboxylic acids is 1. The van der Waals surface area contributed by atoms with Crippen molar-refractivity contribution < 1.29 is 9.53 Å². The largest absolute Gasteiger partial charge is 0.460 e. The summed E-state index contributed by atoms with van der Waals surface area (Å²) in [7, 11) is 0. The Morgan fingerprint density at radius 1 is 1.47 bits per heavy atom. The molecular formula is C11H16N2O2. The zero-order valence-electron chi connectivity index (χ0n) is 8.93. The molecule has 0 N–H and O–H groups in total. The number of hydrogen-bond donors (Lipinski definition) is 0. The summed E-state index contributed by atoms with van der Waals surface area (Å²) < 4.78 is 7.39. The molecule has 0 bridgehead atoms. The number of esters is 1. The van der Waals surface area contributed by atoms with Crippen molar-refractivity contribution in [2.45, 2.75) is 44.8 Å². The summed E-state index contributed by atoms with van der Waals surface area (Å²) in [6, 6.07) is 0.269. The van der Waals surface area contributed by atoms with Gasteiger partial charge in [0.05, 0.1) is 12.4 Å². The minimum absolute atomic E-state index is 0.0189. The molecule has 1 aliphatic rings. The van der Waals surface area contributed by atoms with Gasteiger partial charge in [-0.2, -0.15) is 0 Å². The zero-order chi connectivity index (χ0) is 10.7. The summed E-state index contributed by atoms with van der Waals surface area (Å²) in [5.41, 5.74) is 0. The van der Waals surface area contributed by atoms with E-state index >= 15 is 0 Å². The normalized spacial score (nSPS) is 26.2. The van der Waals surface area contributed by atoms with E-state index in [0.717, 1.165) is 19.3 Å². The average Bonchev–Trinajstić information content (AvgIpc) is 2.70. The first-order valence-corrected chi connectivity index (χ1v) is 5.42. The van der Waals surface area contributed by atoms with Crippen LogP contribution in [0.2, 0.25) is 0 Å². The van der Waals surface area contributed by atoms with Gasteiger partial charge in [0.2, 0.25) is 0 Å². The molecule has 2 rings (SSSR count). The van der Waals surface area contributed by atoms with Crippen molar-refractivity contribution in [3.8, 4) is 0 Å². The van der Waals surface area contributed by atoms with Gasteiger partial charge < -0.3 is 9.30 Å². The van der Waals surface area contributed by atoms with Gasteiger partial charge in [0.25, 0.3) is 0 Å². The van der Waals surface area contributed by atoms with Crippen LogP contribution in [0.15, 0.2) is 18.7 Å². The number of carbonyl (C=O) groups is 1. The molecule has 1 aromatic rings. The van der Waals surface area contributed by atoms with Gasteiger partial charge in [0, 0.05) is 19.3 Å². The van der Waals surface area contributed by atoms with Crippen molar-refractivity contribution >= 4 is 5.97 Å². The van der Waals surface area contributed by atoms with Crippen LogP contribution < -0.4 is 0 Å². The summed E-state index contributed by atoms with van der Waals surface area (Å²) in [6.45, 7) is 1.47. The Morgan fingerprint density at radius 3 is 2.93 bits per heavy atom. The molecule has 1 fully saturated rings. The van der Waals surface area contributed by atoms with Crippen molar-refractivity contribution in [2.24, 2.45) is 0 Å². The third-order valence-electron chi connectivity index (χ3n) is 2.89. The summed E-state index contributed by atoms with van der Waals surface area (Å²) in [5.74, 6) is -0.188. The molecule has 0 radical (unpaired) electrons. The highest BCUT2D eigenvalue weighted by atomic mass is 16.5. The van der Waals surface area contributed by atoms with E-state index in [9.17, 15) is 4.79 Å². The Bertz CT molecular complexity index is 321. The topological polar surface area (TPSA) is 44.1 Å². The van der Waals surface area contributed by atoms with Crippen molar-refractivity contribution in [2.75, 3.05) is 0 Å². The minimum atomic E-state index is -0.188. The number of rotatable bonds is 2. The number of imidazole rings is 1. The lowest BCUT2D eigenvalue weighted by molar-refractivity contribution is -0.150. The first-order valence-electron chi connectivity index (χ1n) is 5.42. The molecule has 1 heterocycles. The number of nitrogens with zero attached hydrogens (tertiary/aromatic N) is 2. The van der Waals surface area contributed by atoms with E-state index in [2.05, 4.69) is 4.98 Å².